The molecule has 2 fully saturated rings. The molecule has 0 bridgehead atoms. The Morgan fingerprint density at radius 3 is 2.78 bits per heavy atom. The third kappa shape index (κ3) is 4.71. The van der Waals surface area contributed by atoms with Crippen molar-refractivity contribution in [2.45, 2.75) is 25.7 Å². The van der Waals surface area contributed by atoms with Crippen LogP contribution in [-0.2, 0) is 11.2 Å². The third-order valence-corrected chi connectivity index (χ3v) is 6.73. The molecule has 2 aliphatic rings. The topological polar surface area (TPSA) is 32.8 Å². The zero-order valence-electron chi connectivity index (χ0n) is 15.8. The van der Waals surface area contributed by atoms with Gasteiger partial charge in [0.2, 0.25) is 5.91 Å². The van der Waals surface area contributed by atoms with Gasteiger partial charge in [-0.15, -0.1) is 11.3 Å². The van der Waals surface area contributed by atoms with Crippen LogP contribution >= 0.6 is 11.3 Å². The van der Waals surface area contributed by atoms with Gasteiger partial charge in [-0.05, 0) is 49.4 Å². The summed E-state index contributed by atoms with van der Waals surface area (Å²) >= 11 is 1.68. The summed E-state index contributed by atoms with van der Waals surface area (Å²) in [6.45, 7) is 5.75. The summed E-state index contributed by atoms with van der Waals surface area (Å²) in [5.41, 5.74) is 0.288. The quantitative estimate of drug-likeness (QED) is 0.762. The fraction of sp³-hybridized carbons (Fsp3) is 0.500. The van der Waals surface area contributed by atoms with E-state index in [1.807, 2.05) is 41.8 Å². The molecule has 0 saturated carbocycles. The first-order chi connectivity index (χ1) is 13.2. The van der Waals surface area contributed by atoms with Gasteiger partial charge in [0.15, 0.2) is 0 Å². The van der Waals surface area contributed by atoms with Crippen molar-refractivity contribution < 1.29 is 9.53 Å². The number of hydrogen-bond donors (Lipinski definition) is 0. The zero-order chi connectivity index (χ0) is 18.5. The summed E-state index contributed by atoms with van der Waals surface area (Å²) in [5, 5.41) is 2.05. The fourth-order valence-corrected chi connectivity index (χ4v) is 5.16. The summed E-state index contributed by atoms with van der Waals surface area (Å²) < 4.78 is 5.87. The average Bonchev–Trinajstić information content (AvgIpc) is 3.33. The Hall–Kier alpha value is -1.85. The van der Waals surface area contributed by atoms with Gasteiger partial charge in [0, 0.05) is 36.5 Å². The van der Waals surface area contributed by atoms with Crippen molar-refractivity contribution in [1.29, 1.82) is 0 Å². The van der Waals surface area contributed by atoms with Gasteiger partial charge < -0.3 is 9.64 Å². The highest BCUT2D eigenvalue weighted by Crippen LogP contribution is 2.39. The van der Waals surface area contributed by atoms with Crippen molar-refractivity contribution >= 4 is 17.2 Å². The van der Waals surface area contributed by atoms with Gasteiger partial charge in [-0.25, -0.2) is 0 Å². The molecule has 1 aromatic carbocycles. The van der Waals surface area contributed by atoms with Crippen molar-refractivity contribution in [3.05, 3.63) is 52.7 Å². The summed E-state index contributed by atoms with van der Waals surface area (Å²) in [4.78, 5) is 18.4. The minimum atomic E-state index is 0.288. The molecule has 4 rings (SSSR count). The Balaban J connectivity index is 1.26. The monoisotopic (exact) mass is 384 g/mol. The number of thiophene rings is 1. The molecule has 1 amide bonds. The SMILES string of the molecule is O=C(Cc1cccs1)N1CC[C@]2(CCCN(CCOc3ccccc3)C2)C1. The molecule has 0 N–H and O–H groups in total. The average molecular weight is 385 g/mol. The predicted molar refractivity (Wildman–Crippen MR) is 109 cm³/mol. The molecule has 144 valence electrons. The van der Waals surface area contributed by atoms with Crippen LogP contribution in [0.3, 0.4) is 0 Å². The fourth-order valence-electron chi connectivity index (χ4n) is 4.47. The molecular formula is C22H28N2O2S. The summed E-state index contributed by atoms with van der Waals surface area (Å²) in [6, 6.07) is 14.1. The van der Waals surface area contributed by atoms with Crippen LogP contribution in [0.25, 0.3) is 0 Å². The number of rotatable bonds is 6. The lowest BCUT2D eigenvalue weighted by atomic mass is 9.79. The van der Waals surface area contributed by atoms with E-state index in [0.29, 0.717) is 12.3 Å². The normalized spacial score (nSPS) is 23.0. The van der Waals surface area contributed by atoms with Crippen LogP contribution in [0.4, 0.5) is 0 Å². The van der Waals surface area contributed by atoms with Gasteiger partial charge >= 0.3 is 0 Å². The number of para-hydroxylation sites is 1. The summed E-state index contributed by atoms with van der Waals surface area (Å²) in [6.07, 6.45) is 4.16. The number of piperidine rings is 1. The number of ether oxygens (including phenoxy) is 1. The number of carbonyl (C=O) groups is 1. The molecule has 0 unspecified atom stereocenters. The van der Waals surface area contributed by atoms with Crippen LogP contribution in [0.2, 0.25) is 0 Å². The van der Waals surface area contributed by atoms with Gasteiger partial charge in [-0.3, -0.25) is 9.69 Å². The molecule has 1 spiro atoms. The lowest BCUT2D eigenvalue weighted by Gasteiger charge is -2.40. The van der Waals surface area contributed by atoms with Gasteiger partial charge in [0.25, 0.3) is 0 Å². The minimum absolute atomic E-state index is 0.288. The highest BCUT2D eigenvalue weighted by atomic mass is 32.1. The van der Waals surface area contributed by atoms with Crippen molar-refractivity contribution in [2.24, 2.45) is 5.41 Å². The largest absolute Gasteiger partial charge is 0.492 e. The lowest BCUT2D eigenvalue weighted by molar-refractivity contribution is -0.130. The molecule has 1 aromatic heterocycles. The lowest BCUT2D eigenvalue weighted by Crippen LogP contribution is -2.46. The molecule has 5 heteroatoms. The number of amides is 1. The Morgan fingerprint density at radius 1 is 1.07 bits per heavy atom. The molecule has 0 aliphatic carbocycles. The Kier molecular flexibility index (Phi) is 5.79. The standard InChI is InChI=1S/C22H28N2O2S/c25-21(16-20-8-4-15-27-20)24-12-10-22(18-24)9-5-11-23(17-22)13-14-26-19-6-2-1-3-7-19/h1-4,6-8,15H,5,9-14,16-18H2/t22-/m0/s1. The van der Waals surface area contributed by atoms with E-state index in [9.17, 15) is 4.79 Å². The van der Waals surface area contributed by atoms with Crippen molar-refractivity contribution in [1.82, 2.24) is 9.80 Å². The van der Waals surface area contributed by atoms with Crippen molar-refractivity contribution in [2.75, 3.05) is 39.3 Å². The van der Waals surface area contributed by atoms with Crippen molar-refractivity contribution in [3.63, 3.8) is 0 Å². The molecular weight excluding hydrogens is 356 g/mol. The molecule has 4 nitrogen and oxygen atoms in total. The predicted octanol–water partition coefficient (Wildman–Crippen LogP) is 3.68. The second kappa shape index (κ2) is 8.44. The van der Waals surface area contributed by atoms with E-state index in [1.165, 1.54) is 17.7 Å². The van der Waals surface area contributed by atoms with Gasteiger partial charge in [0.1, 0.15) is 12.4 Å². The van der Waals surface area contributed by atoms with Gasteiger partial charge in [-0.2, -0.15) is 0 Å². The highest BCUT2D eigenvalue weighted by molar-refractivity contribution is 7.10. The second-order valence-corrected chi connectivity index (χ2v) is 8.89. The molecule has 2 saturated heterocycles. The van der Waals surface area contributed by atoms with Crippen LogP contribution in [0, 0.1) is 5.41 Å². The third-order valence-electron chi connectivity index (χ3n) is 5.86. The van der Waals surface area contributed by atoms with E-state index in [-0.39, 0.29) is 5.41 Å². The zero-order valence-corrected chi connectivity index (χ0v) is 16.6. The Labute approximate surface area is 165 Å². The van der Waals surface area contributed by atoms with E-state index < -0.39 is 0 Å². The van der Waals surface area contributed by atoms with Crippen LogP contribution in [-0.4, -0.2) is 55.0 Å². The first kappa shape index (κ1) is 18.5. The molecule has 0 radical (unpaired) electrons. The smallest absolute Gasteiger partial charge is 0.227 e. The molecule has 2 aliphatic heterocycles. The van der Waals surface area contributed by atoms with Gasteiger partial charge in [-0.1, -0.05) is 24.3 Å². The van der Waals surface area contributed by atoms with Crippen molar-refractivity contribution in [3.8, 4) is 5.75 Å². The first-order valence-corrected chi connectivity index (χ1v) is 10.8. The van der Waals surface area contributed by atoms with Crippen LogP contribution in [0.15, 0.2) is 47.8 Å². The number of hydrogen-bond acceptors (Lipinski definition) is 4. The maximum absolute atomic E-state index is 12.6. The molecule has 1 atom stereocenters. The first-order valence-electron chi connectivity index (χ1n) is 9.93. The van der Waals surface area contributed by atoms with Crippen LogP contribution in [0.1, 0.15) is 24.1 Å². The number of nitrogens with zero attached hydrogens (tertiary/aromatic N) is 2. The maximum Gasteiger partial charge on any atom is 0.227 e. The maximum atomic E-state index is 12.6. The van der Waals surface area contributed by atoms with E-state index in [0.717, 1.165) is 51.5 Å². The minimum Gasteiger partial charge on any atom is -0.492 e. The number of likely N-dealkylation sites (tertiary alicyclic amines) is 2. The van der Waals surface area contributed by atoms with Crippen LogP contribution < -0.4 is 4.74 Å². The molecule has 27 heavy (non-hydrogen) atoms. The van der Waals surface area contributed by atoms with Crippen LogP contribution in [0.5, 0.6) is 5.75 Å². The van der Waals surface area contributed by atoms with E-state index in [4.69, 9.17) is 4.74 Å². The highest BCUT2D eigenvalue weighted by Gasteiger charge is 2.42. The Morgan fingerprint density at radius 2 is 1.96 bits per heavy atom. The van der Waals surface area contributed by atoms with E-state index in [2.05, 4.69) is 15.9 Å². The summed E-state index contributed by atoms with van der Waals surface area (Å²) in [7, 11) is 0. The number of benzene rings is 1. The van der Waals surface area contributed by atoms with Gasteiger partial charge in [0.05, 0.1) is 6.42 Å². The molecule has 2 aromatic rings. The molecule has 3 heterocycles. The second-order valence-electron chi connectivity index (χ2n) is 7.86. The summed E-state index contributed by atoms with van der Waals surface area (Å²) in [5.74, 6) is 1.23. The van der Waals surface area contributed by atoms with E-state index >= 15 is 0 Å². The number of carbonyl (C=O) groups excluding carboxylic acids is 1. The van der Waals surface area contributed by atoms with E-state index in [1.54, 1.807) is 11.3 Å². The Bertz CT molecular complexity index is 734.